The third kappa shape index (κ3) is 3.97. The monoisotopic (exact) mass is 358 g/mol. The van der Waals surface area contributed by atoms with E-state index in [4.69, 9.17) is 0 Å². The molecule has 0 spiro atoms. The molecule has 0 aliphatic carbocycles. The van der Waals surface area contributed by atoms with Gasteiger partial charge in [0.15, 0.2) is 0 Å². The van der Waals surface area contributed by atoms with Crippen LogP contribution >= 0.6 is 0 Å². The molecule has 132 valence electrons. The lowest BCUT2D eigenvalue weighted by atomic mass is 10.1. The number of hydrogen-bond acceptors (Lipinski definition) is 3. The normalized spacial score (nSPS) is 11.7. The molecule has 0 saturated heterocycles. The predicted octanol–water partition coefficient (Wildman–Crippen LogP) is 3.86. The molecule has 1 heterocycles. The van der Waals surface area contributed by atoms with Gasteiger partial charge >= 0.3 is 6.18 Å². The molecule has 0 aliphatic rings. The van der Waals surface area contributed by atoms with Gasteiger partial charge in [-0.3, -0.25) is 9.89 Å². The van der Waals surface area contributed by atoms with Crippen LogP contribution in [0.5, 0.6) is 0 Å². The number of carbonyl (C=O) groups is 1. The highest BCUT2D eigenvalue weighted by atomic mass is 19.4. The number of H-pyrrole nitrogens is 1. The van der Waals surface area contributed by atoms with Crippen LogP contribution in [0.4, 0.5) is 13.2 Å². The Morgan fingerprint density at radius 1 is 1.08 bits per heavy atom. The van der Waals surface area contributed by atoms with Gasteiger partial charge in [-0.25, -0.2) is 5.43 Å². The fourth-order valence-electron chi connectivity index (χ4n) is 2.28. The van der Waals surface area contributed by atoms with Crippen molar-refractivity contribution in [3.8, 4) is 11.3 Å². The number of aromatic nitrogens is 2. The first-order valence-corrected chi connectivity index (χ1v) is 7.55. The maximum absolute atomic E-state index is 12.9. The molecule has 0 bridgehead atoms. The molecule has 3 aromatic rings. The molecule has 8 heteroatoms. The number of hydrazone groups is 1. The smallest absolute Gasteiger partial charge is 0.272 e. The summed E-state index contributed by atoms with van der Waals surface area (Å²) in [7, 11) is 0. The van der Waals surface area contributed by atoms with E-state index in [1.807, 2.05) is 30.3 Å². The molecule has 1 aromatic heterocycles. The number of halogens is 3. The van der Waals surface area contributed by atoms with E-state index in [1.165, 1.54) is 24.3 Å². The van der Waals surface area contributed by atoms with Gasteiger partial charge in [0, 0.05) is 11.1 Å². The van der Waals surface area contributed by atoms with Crippen molar-refractivity contribution in [2.45, 2.75) is 6.18 Å². The van der Waals surface area contributed by atoms with Crippen LogP contribution in [-0.4, -0.2) is 22.3 Å². The maximum Gasteiger partial charge on any atom is 0.417 e. The summed E-state index contributed by atoms with van der Waals surface area (Å²) >= 11 is 0. The van der Waals surface area contributed by atoms with Gasteiger partial charge in [-0.2, -0.15) is 23.4 Å². The van der Waals surface area contributed by atoms with Crippen LogP contribution in [-0.2, 0) is 6.18 Å². The third-order valence-electron chi connectivity index (χ3n) is 3.53. The Bertz CT molecular complexity index is 933. The first kappa shape index (κ1) is 17.4. The van der Waals surface area contributed by atoms with E-state index in [0.717, 1.165) is 17.8 Å². The summed E-state index contributed by atoms with van der Waals surface area (Å²) < 4.78 is 38.7. The zero-order valence-corrected chi connectivity index (χ0v) is 13.3. The molecule has 0 saturated carbocycles. The summed E-state index contributed by atoms with van der Waals surface area (Å²) in [6.07, 6.45) is -3.55. The topological polar surface area (TPSA) is 70.1 Å². The Labute approximate surface area is 146 Å². The summed E-state index contributed by atoms with van der Waals surface area (Å²) in [5, 5.41) is 10.2. The number of carbonyl (C=O) groups excluding carboxylic acids is 1. The first-order chi connectivity index (χ1) is 12.4. The predicted molar refractivity (Wildman–Crippen MR) is 90.5 cm³/mol. The highest BCUT2D eigenvalue weighted by Crippen LogP contribution is 2.31. The zero-order valence-electron chi connectivity index (χ0n) is 13.3. The van der Waals surface area contributed by atoms with Crippen LogP contribution < -0.4 is 5.43 Å². The zero-order chi connectivity index (χ0) is 18.6. The van der Waals surface area contributed by atoms with Crippen molar-refractivity contribution in [2.24, 2.45) is 5.10 Å². The van der Waals surface area contributed by atoms with Crippen molar-refractivity contribution < 1.29 is 18.0 Å². The van der Waals surface area contributed by atoms with E-state index in [0.29, 0.717) is 5.69 Å². The Morgan fingerprint density at radius 2 is 1.77 bits per heavy atom. The summed E-state index contributed by atoms with van der Waals surface area (Å²) in [5.74, 6) is -0.611. The van der Waals surface area contributed by atoms with Crippen molar-refractivity contribution in [2.75, 3.05) is 0 Å². The minimum absolute atomic E-state index is 0.144. The van der Waals surface area contributed by atoms with Gasteiger partial charge in [0.05, 0.1) is 17.5 Å². The molecular formula is C18H13F3N4O. The molecule has 5 nitrogen and oxygen atoms in total. The molecule has 1 amide bonds. The molecule has 2 N–H and O–H groups in total. The lowest BCUT2D eigenvalue weighted by Gasteiger charge is -2.09. The molecule has 0 aliphatic heterocycles. The largest absolute Gasteiger partial charge is 0.417 e. The number of benzene rings is 2. The van der Waals surface area contributed by atoms with Gasteiger partial charge in [-0.1, -0.05) is 48.5 Å². The third-order valence-corrected chi connectivity index (χ3v) is 3.53. The van der Waals surface area contributed by atoms with Gasteiger partial charge in [0.1, 0.15) is 5.69 Å². The van der Waals surface area contributed by atoms with Crippen molar-refractivity contribution in [3.05, 3.63) is 77.5 Å². The molecule has 0 fully saturated rings. The van der Waals surface area contributed by atoms with Crippen LogP contribution in [0, 0.1) is 0 Å². The van der Waals surface area contributed by atoms with Crippen molar-refractivity contribution in [3.63, 3.8) is 0 Å². The van der Waals surface area contributed by atoms with E-state index in [9.17, 15) is 18.0 Å². The second-order valence-electron chi connectivity index (χ2n) is 5.32. The van der Waals surface area contributed by atoms with Gasteiger partial charge in [-0.15, -0.1) is 0 Å². The highest BCUT2D eigenvalue weighted by molar-refractivity contribution is 5.94. The fraction of sp³-hybridized carbons (Fsp3) is 0.0556. The highest BCUT2D eigenvalue weighted by Gasteiger charge is 2.32. The Morgan fingerprint density at radius 3 is 2.50 bits per heavy atom. The number of nitrogens with zero attached hydrogens (tertiary/aromatic N) is 2. The second-order valence-corrected chi connectivity index (χ2v) is 5.32. The molecule has 0 unspecified atom stereocenters. The van der Waals surface area contributed by atoms with Crippen molar-refractivity contribution in [1.29, 1.82) is 0 Å². The molecule has 3 rings (SSSR count). The van der Waals surface area contributed by atoms with Crippen molar-refractivity contribution >= 4 is 12.1 Å². The lowest BCUT2D eigenvalue weighted by molar-refractivity contribution is -0.137. The molecule has 0 radical (unpaired) electrons. The van der Waals surface area contributed by atoms with Gasteiger partial charge in [0.2, 0.25) is 0 Å². The van der Waals surface area contributed by atoms with Crippen LogP contribution in [0.15, 0.2) is 65.8 Å². The van der Waals surface area contributed by atoms with E-state index in [1.54, 1.807) is 0 Å². The average Bonchev–Trinajstić information content (AvgIpc) is 3.12. The molecular weight excluding hydrogens is 345 g/mol. The minimum atomic E-state index is -4.50. The Hall–Kier alpha value is -3.42. The summed E-state index contributed by atoms with van der Waals surface area (Å²) in [6.45, 7) is 0. The fourth-order valence-corrected chi connectivity index (χ4v) is 2.28. The van der Waals surface area contributed by atoms with Gasteiger partial charge < -0.3 is 0 Å². The standard InChI is InChI=1S/C18H13F3N4O/c19-18(20,21)14-9-5-4-8-13(14)11-22-25-17(26)16-10-15(23-24-16)12-6-2-1-3-7-12/h1-11H,(H,23,24)(H,25,26). The van der Waals surface area contributed by atoms with E-state index in [-0.39, 0.29) is 11.3 Å². The number of alkyl halides is 3. The Kier molecular flexibility index (Phi) is 4.83. The number of nitrogens with one attached hydrogen (secondary N) is 2. The minimum Gasteiger partial charge on any atom is -0.272 e. The van der Waals surface area contributed by atoms with E-state index >= 15 is 0 Å². The van der Waals surface area contributed by atoms with Gasteiger partial charge in [0.25, 0.3) is 5.91 Å². The van der Waals surface area contributed by atoms with E-state index < -0.39 is 17.6 Å². The number of amides is 1. The number of aromatic amines is 1. The van der Waals surface area contributed by atoms with Gasteiger partial charge in [-0.05, 0) is 12.1 Å². The van der Waals surface area contributed by atoms with Crippen LogP contribution in [0.25, 0.3) is 11.3 Å². The number of hydrogen-bond donors (Lipinski definition) is 2. The second kappa shape index (κ2) is 7.22. The SMILES string of the molecule is O=C(NN=Cc1ccccc1C(F)(F)F)c1cc(-c2ccccc2)n[nH]1. The maximum atomic E-state index is 12.9. The molecule has 2 aromatic carbocycles. The van der Waals surface area contributed by atoms with E-state index in [2.05, 4.69) is 20.7 Å². The summed E-state index contributed by atoms with van der Waals surface area (Å²) in [5.41, 5.74) is 2.75. The summed E-state index contributed by atoms with van der Waals surface area (Å²) in [6, 6.07) is 15.7. The number of rotatable bonds is 4. The van der Waals surface area contributed by atoms with Crippen LogP contribution in [0.2, 0.25) is 0 Å². The molecule has 26 heavy (non-hydrogen) atoms. The van der Waals surface area contributed by atoms with Crippen molar-refractivity contribution in [1.82, 2.24) is 15.6 Å². The first-order valence-electron chi connectivity index (χ1n) is 7.55. The van der Waals surface area contributed by atoms with Crippen LogP contribution in [0.3, 0.4) is 0 Å². The lowest BCUT2D eigenvalue weighted by Crippen LogP contribution is -2.18. The Balaban J connectivity index is 1.70. The summed E-state index contributed by atoms with van der Waals surface area (Å²) in [4.78, 5) is 12.0. The molecule has 0 atom stereocenters. The average molecular weight is 358 g/mol. The van der Waals surface area contributed by atoms with Crippen LogP contribution in [0.1, 0.15) is 21.6 Å². The quantitative estimate of drug-likeness (QED) is 0.549.